The highest BCUT2D eigenvalue weighted by Crippen LogP contribution is 2.21. The molecule has 2 amide bonds. The van der Waals surface area contributed by atoms with Gasteiger partial charge in [-0.05, 0) is 35.0 Å². The number of fused-ring (bicyclic) bond motifs is 1. The molecule has 0 heterocycles. The highest BCUT2D eigenvalue weighted by Gasteiger charge is 2.09. The number of benzene rings is 3. The summed E-state index contributed by atoms with van der Waals surface area (Å²) in [7, 11) is 0. The van der Waals surface area contributed by atoms with Crippen LogP contribution in [0.15, 0.2) is 60.7 Å². The lowest BCUT2D eigenvalue weighted by molar-refractivity contribution is 0.0696. The van der Waals surface area contributed by atoms with Crippen molar-refractivity contribution in [3.05, 3.63) is 66.2 Å². The Kier molecular flexibility index (Phi) is 4.03. The van der Waals surface area contributed by atoms with Gasteiger partial charge in [0.2, 0.25) is 0 Å². The third-order valence-corrected chi connectivity index (χ3v) is 3.43. The van der Waals surface area contributed by atoms with Crippen molar-refractivity contribution in [1.29, 1.82) is 0 Å². The van der Waals surface area contributed by atoms with Crippen LogP contribution in [0.3, 0.4) is 0 Å². The van der Waals surface area contributed by atoms with Gasteiger partial charge in [-0.15, -0.1) is 0 Å². The number of carbonyl (C=O) groups excluding carboxylic acids is 1. The number of hydrogen-bond donors (Lipinski definition) is 4. The number of carbonyl (C=O) groups is 2. The molecule has 0 aromatic heterocycles. The van der Waals surface area contributed by atoms with Gasteiger partial charge in [0.25, 0.3) is 0 Å². The molecule has 0 spiro atoms. The number of hydrogen-bond acceptors (Lipinski definition) is 3. The molecule has 0 bridgehead atoms. The predicted molar refractivity (Wildman–Crippen MR) is 91.7 cm³/mol. The monoisotopic (exact) mass is 322 g/mol. The molecule has 0 fully saturated rings. The van der Waals surface area contributed by atoms with Gasteiger partial charge in [0.05, 0.1) is 5.56 Å². The quantitative estimate of drug-likeness (QED) is 0.588. The number of nitrogens with one attached hydrogen (secondary N) is 2. The van der Waals surface area contributed by atoms with Gasteiger partial charge in [-0.1, -0.05) is 30.3 Å². The van der Waals surface area contributed by atoms with E-state index in [2.05, 4.69) is 10.6 Å². The van der Waals surface area contributed by atoms with E-state index in [9.17, 15) is 14.7 Å². The van der Waals surface area contributed by atoms with E-state index < -0.39 is 12.0 Å². The average molecular weight is 322 g/mol. The van der Waals surface area contributed by atoms with Gasteiger partial charge in [-0.3, -0.25) is 0 Å². The first-order chi connectivity index (χ1) is 11.5. The van der Waals surface area contributed by atoms with Crippen LogP contribution in [0.25, 0.3) is 10.8 Å². The Morgan fingerprint density at radius 1 is 0.792 bits per heavy atom. The maximum atomic E-state index is 12.1. The highest BCUT2D eigenvalue weighted by atomic mass is 16.4. The smallest absolute Gasteiger partial charge is 0.335 e. The Bertz CT molecular complexity index is 937. The number of carboxylic acids is 1. The fraction of sp³-hybridized carbons (Fsp3) is 0. The second-order valence-electron chi connectivity index (χ2n) is 5.21. The van der Waals surface area contributed by atoms with Crippen LogP contribution in [-0.4, -0.2) is 22.2 Å². The van der Waals surface area contributed by atoms with Gasteiger partial charge in [0.15, 0.2) is 0 Å². The zero-order chi connectivity index (χ0) is 17.1. The summed E-state index contributed by atoms with van der Waals surface area (Å²) in [4.78, 5) is 23.0. The molecule has 0 aliphatic carbocycles. The number of urea groups is 1. The topological polar surface area (TPSA) is 98.7 Å². The van der Waals surface area contributed by atoms with E-state index in [0.717, 1.165) is 16.8 Å². The maximum absolute atomic E-state index is 12.1. The van der Waals surface area contributed by atoms with Crippen LogP contribution in [0.4, 0.5) is 16.2 Å². The number of phenols is 1. The number of amides is 2. The third kappa shape index (κ3) is 3.44. The zero-order valence-electron chi connectivity index (χ0n) is 12.5. The summed E-state index contributed by atoms with van der Waals surface area (Å²) in [6, 6.07) is 16.4. The standard InChI is InChI=1S/C18H14N2O4/c21-16-9-13(17(22)23)8-15(10-16)20-18(24)19-14-6-5-11-3-1-2-4-12(11)7-14/h1-10,21H,(H,22,23)(H2,19,20,24). The maximum Gasteiger partial charge on any atom is 0.335 e. The van der Waals surface area contributed by atoms with Gasteiger partial charge in [0, 0.05) is 17.4 Å². The van der Waals surface area contributed by atoms with Gasteiger partial charge in [-0.2, -0.15) is 0 Å². The first kappa shape index (κ1) is 15.4. The van der Waals surface area contributed by atoms with Crippen molar-refractivity contribution in [2.24, 2.45) is 0 Å². The van der Waals surface area contributed by atoms with E-state index in [1.54, 1.807) is 6.07 Å². The van der Waals surface area contributed by atoms with Crippen molar-refractivity contribution >= 4 is 34.1 Å². The number of anilines is 2. The van der Waals surface area contributed by atoms with Crippen LogP contribution in [0.1, 0.15) is 10.4 Å². The molecule has 6 nitrogen and oxygen atoms in total. The number of carboxylic acid groups (broad SMARTS) is 1. The van der Waals surface area contributed by atoms with Gasteiger partial charge in [0.1, 0.15) is 5.75 Å². The summed E-state index contributed by atoms with van der Waals surface area (Å²) >= 11 is 0. The van der Waals surface area contributed by atoms with Gasteiger partial charge < -0.3 is 20.8 Å². The summed E-state index contributed by atoms with van der Waals surface area (Å²) in [5.74, 6) is -1.43. The average Bonchev–Trinajstić information content (AvgIpc) is 2.54. The lowest BCUT2D eigenvalue weighted by Gasteiger charge is -2.09. The molecule has 0 aliphatic rings. The second-order valence-corrected chi connectivity index (χ2v) is 5.21. The summed E-state index contributed by atoms with van der Waals surface area (Å²) in [6.07, 6.45) is 0. The SMILES string of the molecule is O=C(Nc1cc(O)cc(C(=O)O)c1)Nc1ccc2ccccc2c1. The van der Waals surface area contributed by atoms with E-state index in [1.165, 1.54) is 12.1 Å². The van der Waals surface area contributed by atoms with E-state index in [0.29, 0.717) is 5.69 Å². The number of aromatic hydroxyl groups is 1. The van der Waals surface area contributed by atoms with Crippen LogP contribution >= 0.6 is 0 Å². The van der Waals surface area contributed by atoms with Crippen molar-refractivity contribution in [3.8, 4) is 5.75 Å². The van der Waals surface area contributed by atoms with E-state index >= 15 is 0 Å². The van der Waals surface area contributed by atoms with Crippen LogP contribution in [0, 0.1) is 0 Å². The first-order valence-corrected chi connectivity index (χ1v) is 7.15. The largest absolute Gasteiger partial charge is 0.508 e. The predicted octanol–water partition coefficient (Wildman–Crippen LogP) is 3.89. The van der Waals surface area contributed by atoms with Crippen LogP contribution in [0.2, 0.25) is 0 Å². The molecule has 120 valence electrons. The van der Waals surface area contributed by atoms with Gasteiger partial charge >= 0.3 is 12.0 Å². The third-order valence-electron chi connectivity index (χ3n) is 3.43. The number of rotatable bonds is 3. The fourth-order valence-electron chi connectivity index (χ4n) is 2.37. The van der Waals surface area contributed by atoms with Crippen molar-refractivity contribution in [2.45, 2.75) is 0 Å². The molecule has 0 atom stereocenters. The zero-order valence-corrected chi connectivity index (χ0v) is 12.5. The Balaban J connectivity index is 1.76. The molecule has 24 heavy (non-hydrogen) atoms. The molecule has 3 aromatic rings. The molecule has 4 N–H and O–H groups in total. The highest BCUT2D eigenvalue weighted by molar-refractivity contribution is 6.02. The molecule has 0 radical (unpaired) electrons. The minimum absolute atomic E-state index is 0.115. The normalized spacial score (nSPS) is 10.3. The van der Waals surface area contributed by atoms with E-state index in [-0.39, 0.29) is 17.0 Å². The molecule has 3 aromatic carbocycles. The lowest BCUT2D eigenvalue weighted by Crippen LogP contribution is -2.19. The molecule has 3 rings (SSSR count). The van der Waals surface area contributed by atoms with Crippen LogP contribution in [0.5, 0.6) is 5.75 Å². The minimum atomic E-state index is -1.19. The molecule has 0 aliphatic heterocycles. The van der Waals surface area contributed by atoms with Crippen molar-refractivity contribution in [1.82, 2.24) is 0 Å². The Morgan fingerprint density at radius 2 is 1.50 bits per heavy atom. The number of aromatic carboxylic acids is 1. The van der Waals surface area contributed by atoms with E-state index in [1.807, 2.05) is 36.4 Å². The van der Waals surface area contributed by atoms with Gasteiger partial charge in [-0.25, -0.2) is 9.59 Å². The second kappa shape index (κ2) is 6.29. The molecular formula is C18H14N2O4. The summed E-state index contributed by atoms with van der Waals surface area (Å²) in [6.45, 7) is 0. The van der Waals surface area contributed by atoms with Crippen molar-refractivity contribution in [2.75, 3.05) is 10.6 Å². The Hall–Kier alpha value is -3.54. The molecule has 0 saturated carbocycles. The minimum Gasteiger partial charge on any atom is -0.508 e. The Morgan fingerprint density at radius 3 is 2.25 bits per heavy atom. The molecular weight excluding hydrogens is 308 g/mol. The Labute approximate surface area is 137 Å². The van der Waals surface area contributed by atoms with Crippen LogP contribution in [-0.2, 0) is 0 Å². The summed E-state index contributed by atoms with van der Waals surface area (Å²) < 4.78 is 0. The van der Waals surface area contributed by atoms with Crippen molar-refractivity contribution < 1.29 is 19.8 Å². The van der Waals surface area contributed by atoms with Crippen LogP contribution < -0.4 is 10.6 Å². The lowest BCUT2D eigenvalue weighted by atomic mass is 10.1. The summed E-state index contributed by atoms with van der Waals surface area (Å²) in [5, 5.41) is 25.7. The van der Waals surface area contributed by atoms with Crippen molar-refractivity contribution in [3.63, 3.8) is 0 Å². The first-order valence-electron chi connectivity index (χ1n) is 7.15. The molecule has 6 heteroatoms. The fourth-order valence-corrected chi connectivity index (χ4v) is 2.37. The number of phenolic OH excluding ortho intramolecular Hbond substituents is 1. The molecule has 0 saturated heterocycles. The molecule has 0 unspecified atom stereocenters. The summed E-state index contributed by atoms with van der Waals surface area (Å²) in [5.41, 5.74) is 0.673. The van der Waals surface area contributed by atoms with E-state index in [4.69, 9.17) is 5.11 Å².